The third-order valence-electron chi connectivity index (χ3n) is 4.44. The summed E-state index contributed by atoms with van der Waals surface area (Å²) >= 11 is 0. The van der Waals surface area contributed by atoms with E-state index in [-0.39, 0.29) is 5.91 Å². The zero-order valence-electron chi connectivity index (χ0n) is 12.4. The normalized spacial score (nSPS) is 16.9. The Labute approximate surface area is 119 Å². The van der Waals surface area contributed by atoms with E-state index < -0.39 is 0 Å². The zero-order chi connectivity index (χ0) is 14.3. The molecule has 0 spiro atoms. The van der Waals surface area contributed by atoms with Crippen molar-refractivity contribution in [3.05, 3.63) is 29.1 Å². The minimum atomic E-state index is 0.180. The summed E-state index contributed by atoms with van der Waals surface area (Å²) in [5.74, 6) is 1.70. The molecule has 0 bridgehead atoms. The smallest absolute Gasteiger partial charge is 0.219 e. The van der Waals surface area contributed by atoms with E-state index in [0.29, 0.717) is 5.92 Å². The van der Waals surface area contributed by atoms with Gasteiger partial charge in [-0.25, -0.2) is 4.98 Å². The van der Waals surface area contributed by atoms with E-state index in [0.717, 1.165) is 42.8 Å². The van der Waals surface area contributed by atoms with Gasteiger partial charge in [0.05, 0.1) is 11.0 Å². The molecule has 1 aliphatic heterocycles. The Balaban J connectivity index is 1.83. The van der Waals surface area contributed by atoms with Gasteiger partial charge in [0, 0.05) is 25.9 Å². The van der Waals surface area contributed by atoms with Crippen LogP contribution in [-0.4, -0.2) is 33.9 Å². The summed E-state index contributed by atoms with van der Waals surface area (Å²) in [6.45, 7) is 7.58. The highest BCUT2D eigenvalue weighted by Gasteiger charge is 2.24. The van der Waals surface area contributed by atoms with Gasteiger partial charge in [-0.3, -0.25) is 4.79 Å². The topological polar surface area (TPSA) is 49.0 Å². The molecular weight excluding hydrogens is 250 g/mol. The minimum absolute atomic E-state index is 0.180. The fourth-order valence-electron chi connectivity index (χ4n) is 2.95. The van der Waals surface area contributed by atoms with Gasteiger partial charge in [-0.2, -0.15) is 0 Å². The number of benzene rings is 1. The van der Waals surface area contributed by atoms with Gasteiger partial charge in [-0.1, -0.05) is 0 Å². The maximum Gasteiger partial charge on any atom is 0.219 e. The number of carbonyl (C=O) groups is 1. The molecule has 2 aromatic rings. The Morgan fingerprint density at radius 2 is 1.90 bits per heavy atom. The van der Waals surface area contributed by atoms with Gasteiger partial charge >= 0.3 is 0 Å². The van der Waals surface area contributed by atoms with Gasteiger partial charge in [0.2, 0.25) is 5.91 Å². The summed E-state index contributed by atoms with van der Waals surface area (Å²) in [7, 11) is 0. The van der Waals surface area contributed by atoms with Crippen molar-refractivity contribution < 1.29 is 4.79 Å². The summed E-state index contributed by atoms with van der Waals surface area (Å²) in [6, 6.07) is 4.32. The van der Waals surface area contributed by atoms with Crippen molar-refractivity contribution in [2.24, 2.45) is 0 Å². The Morgan fingerprint density at radius 3 is 2.55 bits per heavy atom. The number of piperidine rings is 1. The van der Waals surface area contributed by atoms with Crippen molar-refractivity contribution in [1.82, 2.24) is 14.9 Å². The lowest BCUT2D eigenvalue weighted by molar-refractivity contribution is -0.129. The summed E-state index contributed by atoms with van der Waals surface area (Å²) < 4.78 is 0. The third kappa shape index (κ3) is 2.30. The number of carbonyl (C=O) groups excluding carboxylic acids is 1. The molecule has 106 valence electrons. The summed E-state index contributed by atoms with van der Waals surface area (Å²) in [6.07, 6.45) is 1.99. The molecule has 1 aromatic carbocycles. The number of amides is 1. The first-order valence-corrected chi connectivity index (χ1v) is 7.27. The molecule has 0 unspecified atom stereocenters. The average Bonchev–Trinajstić information content (AvgIpc) is 2.82. The molecule has 2 heterocycles. The number of likely N-dealkylation sites (tertiary alicyclic amines) is 1. The summed E-state index contributed by atoms with van der Waals surface area (Å²) in [4.78, 5) is 21.5. The second kappa shape index (κ2) is 4.93. The number of nitrogens with one attached hydrogen (secondary N) is 1. The number of H-pyrrole nitrogens is 1. The van der Waals surface area contributed by atoms with Gasteiger partial charge < -0.3 is 9.88 Å². The number of aromatic amines is 1. The predicted octanol–water partition coefficient (Wildman–Crippen LogP) is 2.91. The molecule has 4 heteroatoms. The van der Waals surface area contributed by atoms with E-state index in [1.807, 2.05) is 4.90 Å². The van der Waals surface area contributed by atoms with Crippen LogP contribution in [-0.2, 0) is 4.79 Å². The number of fused-ring (bicyclic) bond motifs is 1. The predicted molar refractivity (Wildman–Crippen MR) is 79.8 cm³/mol. The van der Waals surface area contributed by atoms with Crippen LogP contribution in [0.5, 0.6) is 0 Å². The first-order valence-electron chi connectivity index (χ1n) is 7.27. The molecule has 0 radical (unpaired) electrons. The molecule has 4 nitrogen and oxygen atoms in total. The molecule has 1 amide bonds. The van der Waals surface area contributed by atoms with E-state index in [4.69, 9.17) is 4.98 Å². The highest BCUT2D eigenvalue weighted by molar-refractivity contribution is 5.77. The van der Waals surface area contributed by atoms with Crippen molar-refractivity contribution in [2.75, 3.05) is 13.1 Å². The fourth-order valence-corrected chi connectivity index (χ4v) is 2.95. The maximum absolute atomic E-state index is 11.4. The number of nitrogens with zero attached hydrogens (tertiary/aromatic N) is 2. The van der Waals surface area contributed by atoms with E-state index in [1.165, 1.54) is 11.1 Å². The molecule has 20 heavy (non-hydrogen) atoms. The first kappa shape index (κ1) is 13.2. The molecular formula is C16H21N3O. The number of aryl methyl sites for hydroxylation is 2. The Kier molecular flexibility index (Phi) is 3.24. The van der Waals surface area contributed by atoms with Crippen molar-refractivity contribution in [2.45, 2.75) is 39.5 Å². The molecule has 1 N–H and O–H groups in total. The van der Waals surface area contributed by atoms with Crippen LogP contribution >= 0.6 is 0 Å². The second-order valence-electron chi connectivity index (χ2n) is 5.86. The Morgan fingerprint density at radius 1 is 1.25 bits per heavy atom. The second-order valence-corrected chi connectivity index (χ2v) is 5.86. The summed E-state index contributed by atoms with van der Waals surface area (Å²) in [5.41, 5.74) is 4.75. The van der Waals surface area contributed by atoms with Crippen LogP contribution in [0.15, 0.2) is 12.1 Å². The zero-order valence-corrected chi connectivity index (χ0v) is 12.4. The SMILES string of the molecule is CC(=O)N1CCC(c2nc3cc(C)c(C)cc3[nH]2)CC1. The monoisotopic (exact) mass is 271 g/mol. The van der Waals surface area contributed by atoms with E-state index in [2.05, 4.69) is 31.0 Å². The minimum Gasteiger partial charge on any atom is -0.343 e. The van der Waals surface area contributed by atoms with Crippen molar-refractivity contribution in [3.63, 3.8) is 0 Å². The Hall–Kier alpha value is -1.84. The highest BCUT2D eigenvalue weighted by Crippen LogP contribution is 2.28. The lowest BCUT2D eigenvalue weighted by Crippen LogP contribution is -2.36. The van der Waals surface area contributed by atoms with Gasteiger partial charge in [0.1, 0.15) is 5.82 Å². The lowest BCUT2D eigenvalue weighted by atomic mass is 9.96. The quantitative estimate of drug-likeness (QED) is 0.867. The molecule has 1 aromatic heterocycles. The average molecular weight is 271 g/mol. The number of aromatic nitrogens is 2. The van der Waals surface area contributed by atoms with Gasteiger partial charge in [0.25, 0.3) is 0 Å². The molecule has 3 rings (SSSR count). The maximum atomic E-state index is 11.4. The van der Waals surface area contributed by atoms with E-state index in [9.17, 15) is 4.79 Å². The van der Waals surface area contributed by atoms with Crippen LogP contribution in [0.1, 0.15) is 42.6 Å². The number of imidazole rings is 1. The molecule has 0 saturated carbocycles. The molecule has 1 aliphatic rings. The number of hydrogen-bond donors (Lipinski definition) is 1. The van der Waals surface area contributed by atoms with Crippen molar-refractivity contribution in [1.29, 1.82) is 0 Å². The van der Waals surface area contributed by atoms with Crippen molar-refractivity contribution >= 4 is 16.9 Å². The van der Waals surface area contributed by atoms with Crippen LogP contribution < -0.4 is 0 Å². The standard InChI is InChI=1S/C16H21N3O/c1-10-8-14-15(9-11(10)2)18-16(17-14)13-4-6-19(7-5-13)12(3)20/h8-9,13H,4-7H2,1-3H3,(H,17,18). The number of hydrogen-bond acceptors (Lipinski definition) is 2. The van der Waals surface area contributed by atoms with Gasteiger partial charge in [0.15, 0.2) is 0 Å². The molecule has 1 saturated heterocycles. The van der Waals surface area contributed by atoms with Crippen LogP contribution in [0, 0.1) is 13.8 Å². The molecule has 0 atom stereocenters. The van der Waals surface area contributed by atoms with Crippen LogP contribution in [0.3, 0.4) is 0 Å². The van der Waals surface area contributed by atoms with Crippen molar-refractivity contribution in [3.8, 4) is 0 Å². The van der Waals surface area contributed by atoms with E-state index in [1.54, 1.807) is 6.92 Å². The lowest BCUT2D eigenvalue weighted by Gasteiger charge is -2.30. The largest absolute Gasteiger partial charge is 0.343 e. The number of rotatable bonds is 1. The molecule has 0 aliphatic carbocycles. The first-order chi connectivity index (χ1) is 9.54. The van der Waals surface area contributed by atoms with Crippen LogP contribution in [0.25, 0.3) is 11.0 Å². The van der Waals surface area contributed by atoms with Crippen LogP contribution in [0.4, 0.5) is 0 Å². The van der Waals surface area contributed by atoms with Gasteiger partial charge in [-0.15, -0.1) is 0 Å². The van der Waals surface area contributed by atoms with Crippen LogP contribution in [0.2, 0.25) is 0 Å². The van der Waals surface area contributed by atoms with Gasteiger partial charge in [-0.05, 0) is 49.9 Å². The fraction of sp³-hybridized carbons (Fsp3) is 0.500. The Bertz CT molecular complexity index is 612. The highest BCUT2D eigenvalue weighted by atomic mass is 16.2. The summed E-state index contributed by atoms with van der Waals surface area (Å²) in [5, 5.41) is 0. The third-order valence-corrected chi connectivity index (χ3v) is 4.44. The van der Waals surface area contributed by atoms with E-state index >= 15 is 0 Å². The molecule has 1 fully saturated rings.